The maximum Gasteiger partial charge on any atom is 0.407 e. The summed E-state index contributed by atoms with van der Waals surface area (Å²) in [7, 11) is 0. The molecule has 2 unspecified atom stereocenters. The highest BCUT2D eigenvalue weighted by molar-refractivity contribution is 5.65. The first kappa shape index (κ1) is 17.9. The lowest BCUT2D eigenvalue weighted by Crippen LogP contribution is -2.59. The van der Waals surface area contributed by atoms with Gasteiger partial charge in [-0.15, -0.1) is 0 Å². The Kier molecular flexibility index (Phi) is 4.82. The average Bonchev–Trinajstić information content (AvgIpc) is 2.59. The smallest absolute Gasteiger partial charge is 0.407 e. The number of rotatable bonds is 2. The van der Waals surface area contributed by atoms with Gasteiger partial charge in [-0.25, -0.2) is 4.79 Å². The van der Waals surface area contributed by atoms with Crippen LogP contribution in [0.25, 0.3) is 0 Å². The molecule has 0 aliphatic carbocycles. The molecular weight excluding hydrogens is 320 g/mol. The van der Waals surface area contributed by atoms with Gasteiger partial charge in [0, 0.05) is 25.7 Å². The lowest BCUT2D eigenvalue weighted by atomic mass is 9.84. The summed E-state index contributed by atoms with van der Waals surface area (Å²) in [6.45, 7) is 11.6. The van der Waals surface area contributed by atoms with Gasteiger partial charge in [-0.2, -0.15) is 0 Å². The normalized spacial score (nSPS) is 22.6. The lowest BCUT2D eigenvalue weighted by molar-refractivity contribution is 0.00813. The Bertz CT molecular complexity index is 641. The van der Waals surface area contributed by atoms with Crippen molar-refractivity contribution in [3.63, 3.8) is 0 Å². The van der Waals surface area contributed by atoms with Gasteiger partial charge in [0.15, 0.2) is 11.5 Å². The van der Waals surface area contributed by atoms with Crippen molar-refractivity contribution in [3.8, 4) is 11.5 Å². The number of hydrogen-bond acceptors (Lipinski definition) is 4. The van der Waals surface area contributed by atoms with Gasteiger partial charge in [0.25, 0.3) is 0 Å². The summed E-state index contributed by atoms with van der Waals surface area (Å²) in [5.41, 5.74) is 1.06. The number of amides is 1. The van der Waals surface area contributed by atoms with E-state index in [2.05, 4.69) is 44.7 Å². The number of carbonyl (C=O) groups is 1. The Morgan fingerprint density at radius 1 is 1.20 bits per heavy atom. The molecule has 1 fully saturated rings. The molecule has 3 rings (SSSR count). The van der Waals surface area contributed by atoms with Crippen LogP contribution in [0.15, 0.2) is 18.2 Å². The molecule has 0 aromatic heterocycles. The summed E-state index contributed by atoms with van der Waals surface area (Å²) in [6, 6.07) is 6.26. The van der Waals surface area contributed by atoms with Crippen molar-refractivity contribution >= 4 is 6.09 Å². The van der Waals surface area contributed by atoms with Crippen molar-refractivity contribution < 1.29 is 19.4 Å². The minimum Gasteiger partial charge on any atom is -0.486 e. The number of fused-ring (bicyclic) bond motifs is 1. The SMILES string of the molecule is CC(c1ccc2c(c1)OCCO2)N1CCN(C(=O)O)C(C(C)(C)C)C1. The van der Waals surface area contributed by atoms with E-state index in [1.165, 1.54) is 5.56 Å². The second kappa shape index (κ2) is 6.75. The van der Waals surface area contributed by atoms with Crippen molar-refractivity contribution in [2.75, 3.05) is 32.8 Å². The maximum atomic E-state index is 11.6. The molecule has 0 saturated carbocycles. The van der Waals surface area contributed by atoms with E-state index in [1.807, 2.05) is 6.07 Å². The van der Waals surface area contributed by atoms with Crippen molar-refractivity contribution in [1.29, 1.82) is 0 Å². The van der Waals surface area contributed by atoms with Crippen LogP contribution < -0.4 is 9.47 Å². The van der Waals surface area contributed by atoms with Crippen LogP contribution in [-0.2, 0) is 0 Å². The molecule has 2 aliphatic heterocycles. The first-order valence-electron chi connectivity index (χ1n) is 8.90. The minimum absolute atomic E-state index is 0.0292. The highest BCUT2D eigenvalue weighted by Crippen LogP contribution is 2.36. The van der Waals surface area contributed by atoms with Crippen LogP contribution >= 0.6 is 0 Å². The van der Waals surface area contributed by atoms with E-state index in [1.54, 1.807) is 4.90 Å². The third kappa shape index (κ3) is 3.68. The van der Waals surface area contributed by atoms with E-state index in [4.69, 9.17) is 9.47 Å². The van der Waals surface area contributed by atoms with E-state index < -0.39 is 6.09 Å². The minimum atomic E-state index is -0.827. The zero-order valence-corrected chi connectivity index (χ0v) is 15.5. The van der Waals surface area contributed by atoms with Gasteiger partial charge in [-0.1, -0.05) is 26.8 Å². The molecule has 1 N–H and O–H groups in total. The van der Waals surface area contributed by atoms with Crippen molar-refractivity contribution in [2.24, 2.45) is 5.41 Å². The predicted molar refractivity (Wildman–Crippen MR) is 95.4 cm³/mol. The number of benzene rings is 1. The molecule has 1 aromatic carbocycles. The van der Waals surface area contributed by atoms with Crippen molar-refractivity contribution in [1.82, 2.24) is 9.80 Å². The largest absolute Gasteiger partial charge is 0.486 e. The highest BCUT2D eigenvalue weighted by atomic mass is 16.6. The molecule has 6 heteroatoms. The third-order valence-corrected chi connectivity index (χ3v) is 5.25. The fourth-order valence-electron chi connectivity index (χ4n) is 3.66. The van der Waals surface area contributed by atoms with Gasteiger partial charge < -0.3 is 19.5 Å². The predicted octanol–water partition coefficient (Wildman–Crippen LogP) is 3.23. The second-order valence-electron chi connectivity index (χ2n) is 7.93. The number of piperazine rings is 1. The number of nitrogens with zero attached hydrogens (tertiary/aromatic N) is 2. The van der Waals surface area contributed by atoms with Gasteiger partial charge in [0.2, 0.25) is 0 Å². The van der Waals surface area contributed by atoms with E-state index in [-0.39, 0.29) is 17.5 Å². The summed E-state index contributed by atoms with van der Waals surface area (Å²) in [4.78, 5) is 15.5. The summed E-state index contributed by atoms with van der Waals surface area (Å²) >= 11 is 0. The summed E-state index contributed by atoms with van der Waals surface area (Å²) in [6.07, 6.45) is -0.827. The first-order chi connectivity index (χ1) is 11.8. The Morgan fingerprint density at radius 2 is 1.88 bits per heavy atom. The Hall–Kier alpha value is -1.95. The molecular formula is C19H28N2O4. The fraction of sp³-hybridized carbons (Fsp3) is 0.632. The van der Waals surface area contributed by atoms with E-state index in [0.717, 1.165) is 24.6 Å². The molecule has 138 valence electrons. The number of hydrogen-bond donors (Lipinski definition) is 1. The van der Waals surface area contributed by atoms with Gasteiger partial charge in [-0.05, 0) is 30.0 Å². The summed E-state index contributed by atoms with van der Waals surface area (Å²) in [5, 5.41) is 9.52. The van der Waals surface area contributed by atoms with Crippen molar-refractivity contribution in [3.05, 3.63) is 23.8 Å². The Labute approximate surface area is 149 Å². The second-order valence-corrected chi connectivity index (χ2v) is 7.93. The average molecular weight is 348 g/mol. The summed E-state index contributed by atoms with van der Waals surface area (Å²) < 4.78 is 11.3. The number of ether oxygens (including phenoxy) is 2. The van der Waals surface area contributed by atoms with Crippen LogP contribution in [0.1, 0.15) is 39.3 Å². The van der Waals surface area contributed by atoms with Gasteiger partial charge in [0.1, 0.15) is 13.2 Å². The lowest BCUT2D eigenvalue weighted by Gasteiger charge is -2.47. The highest BCUT2D eigenvalue weighted by Gasteiger charge is 2.39. The molecule has 0 spiro atoms. The van der Waals surface area contributed by atoms with Crippen LogP contribution in [0.5, 0.6) is 11.5 Å². The quantitative estimate of drug-likeness (QED) is 0.889. The third-order valence-electron chi connectivity index (χ3n) is 5.25. The molecule has 1 saturated heterocycles. The molecule has 6 nitrogen and oxygen atoms in total. The first-order valence-corrected chi connectivity index (χ1v) is 8.90. The Balaban J connectivity index is 1.78. The van der Waals surface area contributed by atoms with Gasteiger partial charge in [-0.3, -0.25) is 4.90 Å². The van der Waals surface area contributed by atoms with Gasteiger partial charge in [0.05, 0.1) is 6.04 Å². The molecule has 0 bridgehead atoms. The van der Waals surface area contributed by atoms with Crippen molar-refractivity contribution in [2.45, 2.75) is 39.8 Å². The van der Waals surface area contributed by atoms with E-state index >= 15 is 0 Å². The molecule has 25 heavy (non-hydrogen) atoms. The van der Waals surface area contributed by atoms with Crippen LogP contribution in [0.3, 0.4) is 0 Å². The summed E-state index contributed by atoms with van der Waals surface area (Å²) in [5.74, 6) is 1.60. The monoisotopic (exact) mass is 348 g/mol. The molecule has 1 aromatic rings. The molecule has 2 aliphatic rings. The zero-order valence-electron chi connectivity index (χ0n) is 15.5. The van der Waals surface area contributed by atoms with Crippen LogP contribution in [0.2, 0.25) is 0 Å². The van der Waals surface area contributed by atoms with Crippen LogP contribution in [-0.4, -0.2) is 59.9 Å². The Morgan fingerprint density at radius 3 is 2.52 bits per heavy atom. The molecule has 2 atom stereocenters. The van der Waals surface area contributed by atoms with E-state index in [0.29, 0.717) is 19.8 Å². The van der Waals surface area contributed by atoms with Crippen LogP contribution in [0, 0.1) is 5.41 Å². The van der Waals surface area contributed by atoms with E-state index in [9.17, 15) is 9.90 Å². The van der Waals surface area contributed by atoms with Gasteiger partial charge >= 0.3 is 6.09 Å². The topological polar surface area (TPSA) is 62.2 Å². The maximum absolute atomic E-state index is 11.6. The fourth-order valence-corrected chi connectivity index (χ4v) is 3.66. The zero-order chi connectivity index (χ0) is 18.2. The standard InChI is InChI=1S/C19H28N2O4/c1-13(14-5-6-15-16(11-14)25-10-9-24-15)20-7-8-21(18(22)23)17(12-20)19(2,3)4/h5-6,11,13,17H,7-10,12H2,1-4H3,(H,22,23). The number of carboxylic acid groups (broad SMARTS) is 1. The molecule has 1 amide bonds. The molecule has 2 heterocycles. The van der Waals surface area contributed by atoms with Crippen LogP contribution in [0.4, 0.5) is 4.79 Å². The molecule has 0 radical (unpaired) electrons.